The molecule has 0 unspecified atom stereocenters. The molecule has 0 fully saturated rings. The van der Waals surface area contributed by atoms with Gasteiger partial charge in [0.15, 0.2) is 11.5 Å². The molecule has 17 heavy (non-hydrogen) atoms. The summed E-state index contributed by atoms with van der Waals surface area (Å²) in [6, 6.07) is 5.29. The lowest BCUT2D eigenvalue weighted by atomic mass is 10.1. The van der Waals surface area contributed by atoms with Crippen LogP contribution >= 0.6 is 0 Å². The highest BCUT2D eigenvalue weighted by atomic mass is 16.5. The van der Waals surface area contributed by atoms with Crippen LogP contribution in [-0.4, -0.2) is 19.0 Å². The number of rotatable bonds is 6. The molecule has 0 amide bonds. The normalized spacial score (nSPS) is 10.4. The fourth-order valence-corrected chi connectivity index (χ4v) is 1.57. The van der Waals surface area contributed by atoms with Gasteiger partial charge in [-0.15, -0.1) is 0 Å². The lowest BCUT2D eigenvalue weighted by molar-refractivity contribution is 0.185. The number of amidine groups is 1. The maximum Gasteiger partial charge on any atom is 0.161 e. The number of methoxy groups -OCH3 is 1. The zero-order valence-corrected chi connectivity index (χ0v) is 10.6. The third-order valence-corrected chi connectivity index (χ3v) is 2.68. The zero-order valence-electron chi connectivity index (χ0n) is 10.6. The molecule has 4 heteroatoms. The highest BCUT2D eigenvalue weighted by molar-refractivity contribution is 5.95. The van der Waals surface area contributed by atoms with Crippen LogP contribution in [0.3, 0.4) is 0 Å². The Bertz CT molecular complexity index is 387. The molecule has 0 aliphatic heterocycles. The van der Waals surface area contributed by atoms with Crippen molar-refractivity contribution in [2.75, 3.05) is 7.11 Å². The van der Waals surface area contributed by atoms with Crippen LogP contribution in [0, 0.1) is 5.41 Å². The topological polar surface area (TPSA) is 68.3 Å². The van der Waals surface area contributed by atoms with Gasteiger partial charge >= 0.3 is 0 Å². The van der Waals surface area contributed by atoms with Crippen LogP contribution < -0.4 is 15.2 Å². The molecule has 0 bridgehead atoms. The van der Waals surface area contributed by atoms with Crippen LogP contribution in [0.15, 0.2) is 18.2 Å². The first-order valence-electron chi connectivity index (χ1n) is 5.81. The van der Waals surface area contributed by atoms with E-state index in [4.69, 9.17) is 20.6 Å². The SMILES string of the molecule is CCC(CC)Oc1ccc(C(=N)N)cc1OC. The van der Waals surface area contributed by atoms with E-state index >= 15 is 0 Å². The Labute approximate surface area is 102 Å². The van der Waals surface area contributed by atoms with Crippen LogP contribution in [0.1, 0.15) is 32.3 Å². The van der Waals surface area contributed by atoms with Gasteiger partial charge in [-0.3, -0.25) is 5.41 Å². The fourth-order valence-electron chi connectivity index (χ4n) is 1.57. The van der Waals surface area contributed by atoms with E-state index in [9.17, 15) is 0 Å². The van der Waals surface area contributed by atoms with Crippen molar-refractivity contribution < 1.29 is 9.47 Å². The van der Waals surface area contributed by atoms with Crippen molar-refractivity contribution in [2.24, 2.45) is 5.73 Å². The second kappa shape index (κ2) is 6.13. The first-order chi connectivity index (χ1) is 8.12. The molecular formula is C13H20N2O2. The molecule has 0 aliphatic carbocycles. The highest BCUT2D eigenvalue weighted by Gasteiger charge is 2.11. The lowest BCUT2D eigenvalue weighted by Crippen LogP contribution is -2.15. The van der Waals surface area contributed by atoms with Crippen molar-refractivity contribution in [1.82, 2.24) is 0 Å². The molecule has 0 aromatic heterocycles. The molecule has 3 N–H and O–H groups in total. The van der Waals surface area contributed by atoms with Crippen molar-refractivity contribution >= 4 is 5.84 Å². The first-order valence-corrected chi connectivity index (χ1v) is 5.81. The average Bonchev–Trinajstić information content (AvgIpc) is 2.35. The van der Waals surface area contributed by atoms with Gasteiger partial charge in [-0.1, -0.05) is 13.8 Å². The van der Waals surface area contributed by atoms with E-state index in [1.807, 2.05) is 0 Å². The summed E-state index contributed by atoms with van der Waals surface area (Å²) < 4.78 is 11.1. The standard InChI is InChI=1S/C13H20N2O2/c1-4-10(5-2)17-11-7-6-9(13(14)15)8-12(11)16-3/h6-8,10H,4-5H2,1-3H3,(H3,14,15). The van der Waals surface area contributed by atoms with Gasteiger partial charge in [-0.2, -0.15) is 0 Å². The molecule has 1 aromatic carbocycles. The van der Waals surface area contributed by atoms with E-state index < -0.39 is 0 Å². The van der Waals surface area contributed by atoms with Gasteiger partial charge in [-0.25, -0.2) is 0 Å². The predicted octanol–water partition coefficient (Wildman–Crippen LogP) is 2.55. The number of hydrogen-bond acceptors (Lipinski definition) is 3. The minimum Gasteiger partial charge on any atom is -0.493 e. The monoisotopic (exact) mass is 236 g/mol. The Morgan fingerprint density at radius 2 is 1.94 bits per heavy atom. The lowest BCUT2D eigenvalue weighted by Gasteiger charge is -2.18. The van der Waals surface area contributed by atoms with Crippen LogP contribution in [-0.2, 0) is 0 Å². The van der Waals surface area contributed by atoms with E-state index in [2.05, 4.69) is 13.8 Å². The molecule has 1 aromatic rings. The van der Waals surface area contributed by atoms with E-state index in [1.54, 1.807) is 25.3 Å². The predicted molar refractivity (Wildman–Crippen MR) is 69.0 cm³/mol. The third-order valence-electron chi connectivity index (χ3n) is 2.68. The number of benzene rings is 1. The van der Waals surface area contributed by atoms with Crippen molar-refractivity contribution in [3.8, 4) is 11.5 Å². The summed E-state index contributed by atoms with van der Waals surface area (Å²) >= 11 is 0. The van der Waals surface area contributed by atoms with Crippen LogP contribution in [0.4, 0.5) is 0 Å². The van der Waals surface area contributed by atoms with Gasteiger partial charge < -0.3 is 15.2 Å². The van der Waals surface area contributed by atoms with E-state index in [0.717, 1.165) is 12.8 Å². The maximum atomic E-state index is 7.37. The maximum absolute atomic E-state index is 7.37. The van der Waals surface area contributed by atoms with Gasteiger partial charge in [0, 0.05) is 5.56 Å². The molecule has 1 rings (SSSR count). The van der Waals surface area contributed by atoms with Crippen LogP contribution in [0.5, 0.6) is 11.5 Å². The Balaban J connectivity index is 2.96. The molecule has 0 heterocycles. The van der Waals surface area contributed by atoms with Gasteiger partial charge in [0.1, 0.15) is 5.84 Å². The molecule has 4 nitrogen and oxygen atoms in total. The average molecular weight is 236 g/mol. The van der Waals surface area contributed by atoms with Gasteiger partial charge in [0.05, 0.1) is 13.2 Å². The second-order valence-electron chi connectivity index (χ2n) is 3.84. The minimum absolute atomic E-state index is 0.0254. The molecule has 0 aliphatic rings. The van der Waals surface area contributed by atoms with Crippen LogP contribution in [0.2, 0.25) is 0 Å². The van der Waals surface area contributed by atoms with Crippen LogP contribution in [0.25, 0.3) is 0 Å². The molecule has 0 saturated carbocycles. The molecule has 0 spiro atoms. The molecule has 94 valence electrons. The quantitative estimate of drug-likeness (QED) is 0.589. The van der Waals surface area contributed by atoms with E-state index in [0.29, 0.717) is 17.1 Å². The van der Waals surface area contributed by atoms with Gasteiger partial charge in [-0.05, 0) is 31.0 Å². The zero-order chi connectivity index (χ0) is 12.8. The smallest absolute Gasteiger partial charge is 0.161 e. The second-order valence-corrected chi connectivity index (χ2v) is 3.84. The third kappa shape index (κ3) is 3.37. The molecule has 0 atom stereocenters. The van der Waals surface area contributed by atoms with E-state index in [-0.39, 0.29) is 11.9 Å². The van der Waals surface area contributed by atoms with Gasteiger partial charge in [0.25, 0.3) is 0 Å². The Morgan fingerprint density at radius 1 is 1.29 bits per heavy atom. The Morgan fingerprint density at radius 3 is 2.41 bits per heavy atom. The summed E-state index contributed by atoms with van der Waals surface area (Å²) in [4.78, 5) is 0. The molecule has 0 saturated heterocycles. The summed E-state index contributed by atoms with van der Waals surface area (Å²) in [5.74, 6) is 1.34. The number of nitrogens with two attached hydrogens (primary N) is 1. The number of ether oxygens (including phenoxy) is 2. The van der Waals surface area contributed by atoms with Crippen molar-refractivity contribution in [2.45, 2.75) is 32.8 Å². The molecule has 0 radical (unpaired) electrons. The Hall–Kier alpha value is -1.71. The summed E-state index contributed by atoms with van der Waals surface area (Å²) in [5, 5.41) is 7.37. The minimum atomic E-state index is 0.0254. The van der Waals surface area contributed by atoms with Gasteiger partial charge in [0.2, 0.25) is 0 Å². The fraction of sp³-hybridized carbons (Fsp3) is 0.462. The largest absolute Gasteiger partial charge is 0.493 e. The van der Waals surface area contributed by atoms with E-state index in [1.165, 1.54) is 0 Å². The number of nitrogen functional groups attached to an aromatic ring is 1. The first kappa shape index (κ1) is 13.4. The van der Waals surface area contributed by atoms with Crippen molar-refractivity contribution in [3.63, 3.8) is 0 Å². The number of nitrogens with one attached hydrogen (secondary N) is 1. The summed E-state index contributed by atoms with van der Waals surface area (Å²) in [6.07, 6.45) is 2.09. The summed E-state index contributed by atoms with van der Waals surface area (Å²) in [5.41, 5.74) is 6.07. The molecular weight excluding hydrogens is 216 g/mol. The van der Waals surface area contributed by atoms with Crippen molar-refractivity contribution in [3.05, 3.63) is 23.8 Å². The highest BCUT2D eigenvalue weighted by Crippen LogP contribution is 2.29. The van der Waals surface area contributed by atoms with Crippen molar-refractivity contribution in [1.29, 1.82) is 5.41 Å². The number of hydrogen-bond donors (Lipinski definition) is 2. The Kier molecular flexibility index (Phi) is 4.82. The summed E-state index contributed by atoms with van der Waals surface area (Å²) in [6.45, 7) is 4.18. The summed E-state index contributed by atoms with van der Waals surface area (Å²) in [7, 11) is 1.58.